The van der Waals surface area contributed by atoms with E-state index in [1.165, 1.54) is 12.8 Å². The van der Waals surface area contributed by atoms with Crippen molar-refractivity contribution in [3.05, 3.63) is 17.7 Å². The molecule has 2 aliphatic rings. The van der Waals surface area contributed by atoms with Crippen LogP contribution in [-0.2, 0) is 0 Å². The van der Waals surface area contributed by atoms with E-state index in [4.69, 9.17) is 0 Å². The van der Waals surface area contributed by atoms with Crippen LogP contribution in [0.25, 0.3) is 0 Å². The minimum Gasteiger partial charge on any atom is -0.371 e. The first-order valence-corrected chi connectivity index (χ1v) is 7.23. The third kappa shape index (κ3) is 2.44. The standard InChI is InChI=1S/C14H20F2N4/c1-17-13-9(15)8-10(16)14(19-13)18-11-5-7-20-6-3-2-4-12(11)20/h8,11-12H,2-7H2,1H3,(H2,17,18,19). The normalized spacial score (nSPS) is 26.4. The van der Waals surface area contributed by atoms with Crippen LogP contribution in [0.15, 0.2) is 6.07 Å². The van der Waals surface area contributed by atoms with Gasteiger partial charge in [0.25, 0.3) is 0 Å². The second kappa shape index (κ2) is 5.52. The fraction of sp³-hybridized carbons (Fsp3) is 0.643. The fourth-order valence-electron chi connectivity index (χ4n) is 3.33. The number of fused-ring (bicyclic) bond motifs is 1. The average Bonchev–Trinajstić information content (AvgIpc) is 2.85. The van der Waals surface area contributed by atoms with E-state index in [9.17, 15) is 8.78 Å². The first-order valence-electron chi connectivity index (χ1n) is 7.23. The Morgan fingerprint density at radius 3 is 2.75 bits per heavy atom. The summed E-state index contributed by atoms with van der Waals surface area (Å²) >= 11 is 0. The highest BCUT2D eigenvalue weighted by atomic mass is 19.1. The maximum atomic E-state index is 13.8. The summed E-state index contributed by atoms with van der Waals surface area (Å²) in [5.74, 6) is -1.07. The average molecular weight is 282 g/mol. The lowest BCUT2D eigenvalue weighted by Gasteiger charge is -2.32. The summed E-state index contributed by atoms with van der Waals surface area (Å²) in [6.45, 7) is 2.17. The van der Waals surface area contributed by atoms with Crippen molar-refractivity contribution in [1.82, 2.24) is 9.88 Å². The van der Waals surface area contributed by atoms with Crippen molar-refractivity contribution in [1.29, 1.82) is 0 Å². The van der Waals surface area contributed by atoms with Crippen LogP contribution in [0.2, 0.25) is 0 Å². The Morgan fingerprint density at radius 2 is 1.95 bits per heavy atom. The number of nitrogens with one attached hydrogen (secondary N) is 2. The fourth-order valence-corrected chi connectivity index (χ4v) is 3.33. The monoisotopic (exact) mass is 282 g/mol. The van der Waals surface area contributed by atoms with Crippen LogP contribution in [0.5, 0.6) is 0 Å². The van der Waals surface area contributed by atoms with Crippen LogP contribution in [0.3, 0.4) is 0 Å². The van der Waals surface area contributed by atoms with E-state index >= 15 is 0 Å². The van der Waals surface area contributed by atoms with Gasteiger partial charge < -0.3 is 10.6 Å². The van der Waals surface area contributed by atoms with Crippen LogP contribution in [0.4, 0.5) is 20.4 Å². The van der Waals surface area contributed by atoms with E-state index in [-0.39, 0.29) is 17.7 Å². The van der Waals surface area contributed by atoms with Gasteiger partial charge in [-0.2, -0.15) is 0 Å². The molecule has 0 saturated carbocycles. The lowest BCUT2D eigenvalue weighted by molar-refractivity contribution is 0.192. The number of anilines is 2. The molecule has 0 bridgehead atoms. The van der Waals surface area contributed by atoms with Crippen molar-refractivity contribution >= 4 is 11.6 Å². The van der Waals surface area contributed by atoms with Gasteiger partial charge in [0, 0.05) is 31.7 Å². The van der Waals surface area contributed by atoms with Crippen molar-refractivity contribution in [2.45, 2.75) is 37.8 Å². The molecule has 4 nitrogen and oxygen atoms in total. The smallest absolute Gasteiger partial charge is 0.168 e. The molecule has 2 N–H and O–H groups in total. The molecule has 1 aromatic heterocycles. The molecule has 1 aromatic rings. The number of hydrogen-bond acceptors (Lipinski definition) is 4. The number of aromatic nitrogens is 1. The third-order valence-electron chi connectivity index (χ3n) is 4.34. The summed E-state index contributed by atoms with van der Waals surface area (Å²) < 4.78 is 27.2. The highest BCUT2D eigenvalue weighted by Gasteiger charge is 2.36. The minimum absolute atomic E-state index is 0.0763. The maximum Gasteiger partial charge on any atom is 0.168 e. The van der Waals surface area contributed by atoms with Gasteiger partial charge in [-0.05, 0) is 25.8 Å². The predicted molar refractivity (Wildman–Crippen MR) is 74.9 cm³/mol. The molecule has 110 valence electrons. The topological polar surface area (TPSA) is 40.2 Å². The molecule has 2 aliphatic heterocycles. The first-order chi connectivity index (χ1) is 9.69. The Balaban J connectivity index is 1.77. The summed E-state index contributed by atoms with van der Waals surface area (Å²) in [7, 11) is 1.57. The summed E-state index contributed by atoms with van der Waals surface area (Å²) in [6.07, 6.45) is 4.59. The Morgan fingerprint density at radius 1 is 1.15 bits per heavy atom. The minimum atomic E-state index is -0.665. The van der Waals surface area contributed by atoms with Gasteiger partial charge in [-0.3, -0.25) is 4.90 Å². The molecule has 0 amide bonds. The number of nitrogens with zero attached hydrogens (tertiary/aromatic N) is 2. The second-order valence-corrected chi connectivity index (χ2v) is 5.54. The van der Waals surface area contributed by atoms with Gasteiger partial charge in [0.05, 0.1) is 0 Å². The Bertz CT molecular complexity index is 494. The molecule has 0 aromatic carbocycles. The number of pyridine rings is 1. The lowest BCUT2D eigenvalue weighted by atomic mass is 9.99. The van der Waals surface area contributed by atoms with E-state index in [1.807, 2.05) is 0 Å². The van der Waals surface area contributed by atoms with Gasteiger partial charge in [0.15, 0.2) is 23.3 Å². The SMILES string of the molecule is CNc1nc(NC2CCN3CCCCC23)c(F)cc1F. The van der Waals surface area contributed by atoms with Gasteiger partial charge in [0.1, 0.15) is 0 Å². The molecule has 2 saturated heterocycles. The Hall–Kier alpha value is -1.43. The molecule has 0 spiro atoms. The van der Waals surface area contributed by atoms with E-state index in [2.05, 4.69) is 20.5 Å². The molecular formula is C14H20F2N4. The van der Waals surface area contributed by atoms with Crippen molar-refractivity contribution in [3.63, 3.8) is 0 Å². The molecule has 2 atom stereocenters. The predicted octanol–water partition coefficient (Wildman–Crippen LogP) is 2.44. The van der Waals surface area contributed by atoms with Crippen LogP contribution < -0.4 is 10.6 Å². The molecule has 2 fully saturated rings. The molecule has 20 heavy (non-hydrogen) atoms. The quantitative estimate of drug-likeness (QED) is 0.893. The lowest BCUT2D eigenvalue weighted by Crippen LogP contribution is -2.42. The molecule has 3 heterocycles. The van der Waals surface area contributed by atoms with E-state index in [0.717, 1.165) is 32.0 Å². The summed E-state index contributed by atoms with van der Waals surface area (Å²) in [5, 5.41) is 5.82. The number of halogens is 2. The zero-order chi connectivity index (χ0) is 14.1. The van der Waals surface area contributed by atoms with Gasteiger partial charge >= 0.3 is 0 Å². The molecule has 3 rings (SSSR count). The summed E-state index contributed by atoms with van der Waals surface area (Å²) in [5.41, 5.74) is 0. The second-order valence-electron chi connectivity index (χ2n) is 5.54. The van der Waals surface area contributed by atoms with Gasteiger partial charge in [-0.25, -0.2) is 13.8 Å². The largest absolute Gasteiger partial charge is 0.371 e. The number of piperidine rings is 1. The van der Waals surface area contributed by atoms with Crippen molar-refractivity contribution in [2.75, 3.05) is 30.8 Å². The zero-order valence-corrected chi connectivity index (χ0v) is 11.6. The van der Waals surface area contributed by atoms with E-state index in [0.29, 0.717) is 6.04 Å². The zero-order valence-electron chi connectivity index (χ0n) is 11.6. The van der Waals surface area contributed by atoms with E-state index < -0.39 is 11.6 Å². The summed E-state index contributed by atoms with van der Waals surface area (Å²) in [4.78, 5) is 6.46. The first kappa shape index (κ1) is 13.5. The van der Waals surface area contributed by atoms with Gasteiger partial charge in [0.2, 0.25) is 0 Å². The highest BCUT2D eigenvalue weighted by Crippen LogP contribution is 2.30. The molecule has 0 radical (unpaired) electrons. The molecule has 2 unspecified atom stereocenters. The Kier molecular flexibility index (Phi) is 3.74. The number of hydrogen-bond donors (Lipinski definition) is 2. The van der Waals surface area contributed by atoms with Crippen LogP contribution >= 0.6 is 0 Å². The molecule has 6 heteroatoms. The van der Waals surface area contributed by atoms with Gasteiger partial charge in [-0.15, -0.1) is 0 Å². The van der Waals surface area contributed by atoms with Crippen LogP contribution in [0, 0.1) is 11.6 Å². The summed E-state index contributed by atoms with van der Waals surface area (Å²) in [6, 6.07) is 1.54. The van der Waals surface area contributed by atoms with Crippen LogP contribution in [-0.4, -0.2) is 42.1 Å². The number of rotatable bonds is 3. The van der Waals surface area contributed by atoms with Crippen LogP contribution in [0.1, 0.15) is 25.7 Å². The van der Waals surface area contributed by atoms with Crippen molar-refractivity contribution in [2.24, 2.45) is 0 Å². The highest BCUT2D eigenvalue weighted by molar-refractivity contribution is 5.48. The third-order valence-corrected chi connectivity index (χ3v) is 4.34. The molecule has 0 aliphatic carbocycles. The van der Waals surface area contributed by atoms with E-state index in [1.54, 1.807) is 7.05 Å². The van der Waals surface area contributed by atoms with Crippen molar-refractivity contribution < 1.29 is 8.78 Å². The Labute approximate surface area is 117 Å². The molecular weight excluding hydrogens is 262 g/mol. The maximum absolute atomic E-state index is 13.8. The van der Waals surface area contributed by atoms with Crippen molar-refractivity contribution in [3.8, 4) is 0 Å². The van der Waals surface area contributed by atoms with Gasteiger partial charge in [-0.1, -0.05) is 6.42 Å².